The van der Waals surface area contributed by atoms with E-state index >= 15 is 0 Å². The molecule has 1 aromatic carbocycles. The minimum Gasteiger partial charge on any atom is -0.478 e. The first-order chi connectivity index (χ1) is 9.81. The second-order valence-corrected chi connectivity index (χ2v) is 6.56. The number of sulfonamides is 1. The van der Waals surface area contributed by atoms with Gasteiger partial charge in [0, 0.05) is 5.38 Å². The van der Waals surface area contributed by atoms with Crippen LogP contribution in [0.25, 0.3) is 0 Å². The van der Waals surface area contributed by atoms with Crippen LogP contribution in [0.2, 0.25) is 0 Å². The molecule has 4 N–H and O–H groups in total. The van der Waals surface area contributed by atoms with E-state index < -0.39 is 21.9 Å². The van der Waals surface area contributed by atoms with Gasteiger partial charge in [0.2, 0.25) is 0 Å². The summed E-state index contributed by atoms with van der Waals surface area (Å²) in [6.07, 6.45) is 0. The van der Waals surface area contributed by atoms with Crippen LogP contribution in [0.4, 0.5) is 5.69 Å². The van der Waals surface area contributed by atoms with Crippen molar-refractivity contribution in [1.29, 1.82) is 0 Å². The number of primary amides is 1. The summed E-state index contributed by atoms with van der Waals surface area (Å²) in [5.74, 6) is -1.98. The van der Waals surface area contributed by atoms with Gasteiger partial charge in [0.15, 0.2) is 0 Å². The first-order valence-electron chi connectivity index (χ1n) is 5.55. The number of benzene rings is 1. The third kappa shape index (κ3) is 3.20. The number of rotatable bonds is 5. The maximum Gasteiger partial charge on any atom is 0.337 e. The lowest BCUT2D eigenvalue weighted by Gasteiger charge is -2.09. The molecule has 0 saturated heterocycles. The largest absolute Gasteiger partial charge is 0.478 e. The number of carboxylic acids is 1. The van der Waals surface area contributed by atoms with Gasteiger partial charge in [-0.15, -0.1) is 11.3 Å². The molecule has 0 spiro atoms. The number of nitrogens with two attached hydrogens (primary N) is 1. The predicted octanol–water partition coefficient (Wildman–Crippen LogP) is 1.35. The van der Waals surface area contributed by atoms with Crippen molar-refractivity contribution in [3.8, 4) is 0 Å². The molecule has 0 saturated carbocycles. The molecular weight excluding hydrogens is 316 g/mol. The minimum atomic E-state index is -3.99. The number of hydrogen-bond donors (Lipinski definition) is 3. The average Bonchev–Trinajstić information content (AvgIpc) is 2.89. The Hall–Kier alpha value is -2.39. The first kappa shape index (κ1) is 15.0. The topological polar surface area (TPSA) is 127 Å². The molecule has 21 heavy (non-hydrogen) atoms. The van der Waals surface area contributed by atoms with E-state index in [9.17, 15) is 18.0 Å². The molecule has 7 nitrogen and oxygen atoms in total. The molecule has 0 aliphatic carbocycles. The van der Waals surface area contributed by atoms with Gasteiger partial charge in [-0.1, -0.05) is 12.1 Å². The van der Waals surface area contributed by atoms with E-state index in [1.54, 1.807) is 0 Å². The Morgan fingerprint density at radius 3 is 2.48 bits per heavy atom. The van der Waals surface area contributed by atoms with Gasteiger partial charge in [-0.05, 0) is 18.2 Å². The lowest BCUT2D eigenvalue weighted by Crippen LogP contribution is -2.15. The number of hydrogen-bond acceptors (Lipinski definition) is 5. The van der Waals surface area contributed by atoms with Crippen molar-refractivity contribution in [2.75, 3.05) is 4.72 Å². The van der Waals surface area contributed by atoms with Crippen LogP contribution in [0.15, 0.2) is 40.6 Å². The monoisotopic (exact) mass is 326 g/mol. The number of amides is 1. The summed E-state index contributed by atoms with van der Waals surface area (Å²) in [7, 11) is -3.99. The zero-order chi connectivity index (χ0) is 15.6. The maximum atomic E-state index is 12.2. The zero-order valence-electron chi connectivity index (χ0n) is 10.4. The highest BCUT2D eigenvalue weighted by Gasteiger charge is 2.20. The smallest absolute Gasteiger partial charge is 0.337 e. The van der Waals surface area contributed by atoms with Crippen molar-refractivity contribution >= 4 is 38.9 Å². The summed E-state index contributed by atoms with van der Waals surface area (Å²) in [6.45, 7) is 0. The Morgan fingerprint density at radius 2 is 1.90 bits per heavy atom. The molecule has 110 valence electrons. The molecule has 9 heteroatoms. The Bertz CT molecular complexity index is 811. The maximum absolute atomic E-state index is 12.2. The van der Waals surface area contributed by atoms with Crippen LogP contribution in [0, 0.1) is 0 Å². The molecule has 0 aliphatic heterocycles. The van der Waals surface area contributed by atoms with Gasteiger partial charge in [-0.2, -0.15) is 0 Å². The number of carbonyl (C=O) groups is 2. The molecule has 1 amide bonds. The number of aromatic carboxylic acids is 1. The fourth-order valence-electron chi connectivity index (χ4n) is 1.55. The normalized spacial score (nSPS) is 11.0. The number of para-hydroxylation sites is 1. The van der Waals surface area contributed by atoms with Crippen LogP contribution in [-0.2, 0) is 10.0 Å². The molecular formula is C12H10N2O5S2. The third-order valence-electron chi connectivity index (χ3n) is 2.53. The first-order valence-corrected chi connectivity index (χ1v) is 7.91. The van der Waals surface area contributed by atoms with Gasteiger partial charge < -0.3 is 10.8 Å². The second kappa shape index (κ2) is 5.54. The van der Waals surface area contributed by atoms with Crippen LogP contribution >= 0.6 is 11.3 Å². The summed E-state index contributed by atoms with van der Waals surface area (Å²) in [5.41, 5.74) is 4.83. The molecule has 0 aliphatic rings. The van der Waals surface area contributed by atoms with Crippen molar-refractivity contribution in [1.82, 2.24) is 0 Å². The highest BCUT2D eigenvalue weighted by Crippen LogP contribution is 2.23. The number of carbonyl (C=O) groups excluding carboxylic acids is 1. The van der Waals surface area contributed by atoms with Crippen molar-refractivity contribution in [2.24, 2.45) is 5.73 Å². The van der Waals surface area contributed by atoms with Crippen LogP contribution < -0.4 is 10.5 Å². The van der Waals surface area contributed by atoms with E-state index in [2.05, 4.69) is 4.72 Å². The fourth-order valence-corrected chi connectivity index (χ4v) is 3.76. The second-order valence-electron chi connectivity index (χ2n) is 3.97. The molecule has 0 atom stereocenters. The lowest BCUT2D eigenvalue weighted by atomic mass is 10.2. The standard InChI is InChI=1S/C12H10N2O5S2/c13-11(15)10-5-7(6-20-10)21(18,19)14-9-4-2-1-3-8(9)12(16)17/h1-6,14H,(H2,13,15)(H,16,17). The SMILES string of the molecule is NC(=O)c1cc(S(=O)(=O)Nc2ccccc2C(=O)O)cs1. The highest BCUT2D eigenvalue weighted by molar-refractivity contribution is 7.92. The van der Waals surface area contributed by atoms with E-state index in [0.717, 1.165) is 17.4 Å². The molecule has 1 heterocycles. The van der Waals surface area contributed by atoms with Gasteiger partial charge in [-0.3, -0.25) is 9.52 Å². The summed E-state index contributed by atoms with van der Waals surface area (Å²) in [4.78, 5) is 22.0. The summed E-state index contributed by atoms with van der Waals surface area (Å²) >= 11 is 0.896. The fraction of sp³-hybridized carbons (Fsp3) is 0. The average molecular weight is 326 g/mol. The van der Waals surface area contributed by atoms with Crippen molar-refractivity contribution in [3.63, 3.8) is 0 Å². The molecule has 0 unspecified atom stereocenters. The lowest BCUT2D eigenvalue weighted by molar-refractivity contribution is 0.0698. The Labute approximate surface area is 124 Å². The molecule has 2 rings (SSSR count). The van der Waals surface area contributed by atoms with Crippen molar-refractivity contribution in [2.45, 2.75) is 4.90 Å². The van der Waals surface area contributed by atoms with Gasteiger partial charge in [0.25, 0.3) is 15.9 Å². The van der Waals surface area contributed by atoms with E-state index in [1.807, 2.05) is 0 Å². The Balaban J connectivity index is 2.37. The van der Waals surface area contributed by atoms with Crippen LogP contribution in [0.3, 0.4) is 0 Å². The van der Waals surface area contributed by atoms with Crippen LogP contribution in [-0.4, -0.2) is 25.4 Å². The van der Waals surface area contributed by atoms with Gasteiger partial charge >= 0.3 is 5.97 Å². The Kier molecular flexibility index (Phi) is 3.96. The molecule has 1 aromatic heterocycles. The van der Waals surface area contributed by atoms with Crippen molar-refractivity contribution in [3.05, 3.63) is 46.2 Å². The molecule has 0 radical (unpaired) electrons. The highest BCUT2D eigenvalue weighted by atomic mass is 32.2. The van der Waals surface area contributed by atoms with E-state index in [1.165, 1.54) is 29.6 Å². The zero-order valence-corrected chi connectivity index (χ0v) is 12.1. The van der Waals surface area contributed by atoms with Gasteiger partial charge in [0.1, 0.15) is 0 Å². The number of nitrogens with one attached hydrogen (secondary N) is 1. The summed E-state index contributed by atoms with van der Waals surface area (Å²) < 4.78 is 26.5. The predicted molar refractivity (Wildman–Crippen MR) is 77.0 cm³/mol. The summed E-state index contributed by atoms with van der Waals surface area (Å²) in [6, 6.07) is 6.74. The number of carboxylic acid groups (broad SMARTS) is 1. The summed E-state index contributed by atoms with van der Waals surface area (Å²) in [5, 5.41) is 10.3. The van der Waals surface area contributed by atoms with E-state index in [0.29, 0.717) is 0 Å². The molecule has 2 aromatic rings. The van der Waals surface area contributed by atoms with E-state index in [4.69, 9.17) is 10.8 Å². The van der Waals surface area contributed by atoms with Crippen LogP contribution in [0.5, 0.6) is 0 Å². The molecule has 0 fully saturated rings. The Morgan fingerprint density at radius 1 is 1.24 bits per heavy atom. The van der Waals surface area contributed by atoms with E-state index in [-0.39, 0.29) is 21.0 Å². The van der Waals surface area contributed by atoms with Crippen molar-refractivity contribution < 1.29 is 23.1 Å². The third-order valence-corrected chi connectivity index (χ3v) is 4.97. The van der Waals surface area contributed by atoms with Crippen LogP contribution in [0.1, 0.15) is 20.0 Å². The number of thiophene rings is 1. The molecule has 0 bridgehead atoms. The van der Waals surface area contributed by atoms with Gasteiger partial charge in [-0.25, -0.2) is 13.2 Å². The quantitative estimate of drug-likeness (QED) is 0.764. The van der Waals surface area contributed by atoms with Gasteiger partial charge in [0.05, 0.1) is 21.0 Å². The number of anilines is 1. The minimum absolute atomic E-state index is 0.0585.